The summed E-state index contributed by atoms with van der Waals surface area (Å²) in [6.07, 6.45) is 5.12. The standard InChI is InChI=1S/C10H15N3O/c14-5-6-1-7-3-10-8(4-11-13-10)9(2-6)12-7/h4,6-7,9,12,14H,1-3,5H2,(H,11,13). The molecule has 0 amide bonds. The zero-order valence-electron chi connectivity index (χ0n) is 8.03. The molecule has 4 heteroatoms. The molecule has 2 aliphatic heterocycles. The molecule has 3 N–H and O–H groups in total. The van der Waals surface area contributed by atoms with Crippen LogP contribution in [0.2, 0.25) is 0 Å². The zero-order valence-corrected chi connectivity index (χ0v) is 8.03. The van der Waals surface area contributed by atoms with E-state index in [0.717, 1.165) is 19.3 Å². The van der Waals surface area contributed by atoms with Gasteiger partial charge in [-0.3, -0.25) is 5.10 Å². The van der Waals surface area contributed by atoms with E-state index in [2.05, 4.69) is 15.5 Å². The molecule has 3 unspecified atom stereocenters. The largest absolute Gasteiger partial charge is 0.396 e. The van der Waals surface area contributed by atoms with Crippen molar-refractivity contribution in [1.82, 2.24) is 15.5 Å². The molecule has 1 aromatic heterocycles. The first-order chi connectivity index (χ1) is 6.86. The van der Waals surface area contributed by atoms with Gasteiger partial charge in [0, 0.05) is 36.9 Å². The van der Waals surface area contributed by atoms with Gasteiger partial charge in [-0.2, -0.15) is 5.10 Å². The molecule has 14 heavy (non-hydrogen) atoms. The van der Waals surface area contributed by atoms with Crippen LogP contribution < -0.4 is 5.32 Å². The first-order valence-corrected chi connectivity index (χ1v) is 5.26. The van der Waals surface area contributed by atoms with Gasteiger partial charge >= 0.3 is 0 Å². The summed E-state index contributed by atoms with van der Waals surface area (Å²) in [6, 6.07) is 0.926. The number of piperidine rings is 1. The summed E-state index contributed by atoms with van der Waals surface area (Å²) in [5, 5.41) is 20.0. The highest BCUT2D eigenvalue weighted by Gasteiger charge is 2.35. The smallest absolute Gasteiger partial charge is 0.0685 e. The van der Waals surface area contributed by atoms with E-state index in [1.165, 1.54) is 11.3 Å². The van der Waals surface area contributed by atoms with Crippen molar-refractivity contribution in [3.63, 3.8) is 0 Å². The van der Waals surface area contributed by atoms with Gasteiger partial charge in [0.25, 0.3) is 0 Å². The summed E-state index contributed by atoms with van der Waals surface area (Å²) < 4.78 is 0. The first kappa shape index (κ1) is 8.44. The molecule has 3 rings (SSSR count). The molecule has 1 saturated heterocycles. The second-order valence-corrected chi connectivity index (χ2v) is 4.43. The van der Waals surface area contributed by atoms with Crippen LogP contribution in [0, 0.1) is 5.92 Å². The molecule has 3 atom stereocenters. The Kier molecular flexibility index (Phi) is 1.85. The second kappa shape index (κ2) is 3.07. The summed E-state index contributed by atoms with van der Waals surface area (Å²) in [5.41, 5.74) is 2.52. The Morgan fingerprint density at radius 3 is 3.29 bits per heavy atom. The highest BCUT2D eigenvalue weighted by atomic mass is 16.3. The van der Waals surface area contributed by atoms with E-state index in [1.54, 1.807) is 0 Å². The van der Waals surface area contributed by atoms with Crippen LogP contribution in [0.1, 0.15) is 30.1 Å². The fourth-order valence-electron chi connectivity index (χ4n) is 2.79. The molecular formula is C10H15N3O. The normalized spacial score (nSPS) is 35.4. The number of aliphatic hydroxyl groups is 1. The Labute approximate surface area is 82.7 Å². The zero-order chi connectivity index (χ0) is 9.54. The number of H-pyrrole nitrogens is 1. The lowest BCUT2D eigenvalue weighted by Crippen LogP contribution is -2.46. The quantitative estimate of drug-likeness (QED) is 0.604. The highest BCUT2D eigenvalue weighted by molar-refractivity contribution is 5.26. The lowest BCUT2D eigenvalue weighted by Gasteiger charge is -2.39. The molecule has 0 spiro atoms. The van der Waals surface area contributed by atoms with Crippen molar-refractivity contribution < 1.29 is 5.11 Å². The van der Waals surface area contributed by atoms with E-state index in [0.29, 0.717) is 24.6 Å². The van der Waals surface area contributed by atoms with Gasteiger partial charge in [-0.15, -0.1) is 0 Å². The number of rotatable bonds is 1. The fraction of sp³-hybridized carbons (Fsp3) is 0.700. The number of hydrogen-bond acceptors (Lipinski definition) is 3. The third-order valence-corrected chi connectivity index (χ3v) is 3.45. The van der Waals surface area contributed by atoms with Crippen LogP contribution in [0.3, 0.4) is 0 Å². The highest BCUT2D eigenvalue weighted by Crippen LogP contribution is 2.35. The van der Waals surface area contributed by atoms with Crippen LogP contribution in [-0.4, -0.2) is 28.0 Å². The van der Waals surface area contributed by atoms with E-state index in [4.69, 9.17) is 0 Å². The predicted molar refractivity (Wildman–Crippen MR) is 51.8 cm³/mol. The third-order valence-electron chi connectivity index (χ3n) is 3.45. The van der Waals surface area contributed by atoms with E-state index in [9.17, 15) is 5.11 Å². The minimum atomic E-state index is 0.321. The summed E-state index contributed by atoms with van der Waals surface area (Å²) in [4.78, 5) is 0. The summed E-state index contributed by atoms with van der Waals surface area (Å²) >= 11 is 0. The maximum absolute atomic E-state index is 9.19. The van der Waals surface area contributed by atoms with Gasteiger partial charge in [0.05, 0.1) is 5.69 Å². The Morgan fingerprint density at radius 2 is 2.43 bits per heavy atom. The minimum Gasteiger partial charge on any atom is -0.396 e. The number of nitrogens with zero attached hydrogens (tertiary/aromatic N) is 1. The molecule has 1 aromatic rings. The van der Waals surface area contributed by atoms with Gasteiger partial charge in [0.15, 0.2) is 0 Å². The predicted octanol–water partition coefficient (Wildman–Crippen LogP) is 0.367. The molecular weight excluding hydrogens is 178 g/mol. The topological polar surface area (TPSA) is 60.9 Å². The summed E-state index contributed by atoms with van der Waals surface area (Å²) in [5.74, 6) is 0.467. The monoisotopic (exact) mass is 193 g/mol. The molecule has 76 valence electrons. The van der Waals surface area contributed by atoms with Crippen LogP contribution in [0.15, 0.2) is 6.20 Å². The lowest BCUT2D eigenvalue weighted by atomic mass is 9.80. The molecule has 4 nitrogen and oxygen atoms in total. The molecule has 2 bridgehead atoms. The second-order valence-electron chi connectivity index (χ2n) is 4.43. The Hall–Kier alpha value is -0.870. The average molecular weight is 193 g/mol. The molecule has 0 saturated carbocycles. The average Bonchev–Trinajstić information content (AvgIpc) is 2.65. The molecule has 0 radical (unpaired) electrons. The summed E-state index contributed by atoms with van der Waals surface area (Å²) in [7, 11) is 0. The molecule has 2 aliphatic rings. The van der Waals surface area contributed by atoms with Crippen LogP contribution >= 0.6 is 0 Å². The number of aromatic nitrogens is 2. The van der Waals surface area contributed by atoms with Crippen LogP contribution in [0.25, 0.3) is 0 Å². The number of nitrogens with one attached hydrogen (secondary N) is 2. The number of aromatic amines is 1. The van der Waals surface area contributed by atoms with E-state index < -0.39 is 0 Å². The Balaban J connectivity index is 1.92. The third kappa shape index (κ3) is 1.18. The van der Waals surface area contributed by atoms with E-state index >= 15 is 0 Å². The van der Waals surface area contributed by atoms with Gasteiger partial charge in [-0.1, -0.05) is 0 Å². The lowest BCUT2D eigenvalue weighted by molar-refractivity contribution is 0.144. The Bertz CT molecular complexity index is 336. The van der Waals surface area contributed by atoms with Crippen LogP contribution in [0.5, 0.6) is 0 Å². The molecule has 1 fully saturated rings. The molecule has 0 aromatic carbocycles. The van der Waals surface area contributed by atoms with Crippen molar-refractivity contribution >= 4 is 0 Å². The van der Waals surface area contributed by atoms with Gasteiger partial charge in [0.2, 0.25) is 0 Å². The number of hydrogen-bond donors (Lipinski definition) is 3. The first-order valence-electron chi connectivity index (χ1n) is 5.26. The van der Waals surface area contributed by atoms with Crippen LogP contribution in [-0.2, 0) is 6.42 Å². The fourth-order valence-corrected chi connectivity index (χ4v) is 2.79. The SMILES string of the molecule is OCC1CC2Cc3n[nH]cc3C(C1)N2. The maximum atomic E-state index is 9.19. The van der Waals surface area contributed by atoms with Crippen molar-refractivity contribution in [3.8, 4) is 0 Å². The van der Waals surface area contributed by atoms with Gasteiger partial charge in [0.1, 0.15) is 0 Å². The van der Waals surface area contributed by atoms with Gasteiger partial charge < -0.3 is 10.4 Å². The maximum Gasteiger partial charge on any atom is 0.0685 e. The molecule has 3 heterocycles. The van der Waals surface area contributed by atoms with E-state index in [1.807, 2.05) is 6.20 Å². The summed E-state index contributed by atoms with van der Waals surface area (Å²) in [6.45, 7) is 0.321. The van der Waals surface area contributed by atoms with Crippen molar-refractivity contribution in [2.24, 2.45) is 5.92 Å². The minimum absolute atomic E-state index is 0.321. The van der Waals surface area contributed by atoms with Gasteiger partial charge in [-0.25, -0.2) is 0 Å². The molecule has 0 aliphatic carbocycles. The van der Waals surface area contributed by atoms with Crippen molar-refractivity contribution in [3.05, 3.63) is 17.5 Å². The van der Waals surface area contributed by atoms with Crippen molar-refractivity contribution in [2.45, 2.75) is 31.3 Å². The Morgan fingerprint density at radius 1 is 1.50 bits per heavy atom. The van der Waals surface area contributed by atoms with Crippen LogP contribution in [0.4, 0.5) is 0 Å². The number of fused-ring (bicyclic) bond motifs is 4. The van der Waals surface area contributed by atoms with Crippen molar-refractivity contribution in [2.75, 3.05) is 6.61 Å². The van der Waals surface area contributed by atoms with Gasteiger partial charge in [-0.05, 0) is 18.8 Å². The van der Waals surface area contributed by atoms with E-state index in [-0.39, 0.29) is 0 Å². The number of aliphatic hydroxyl groups excluding tert-OH is 1. The van der Waals surface area contributed by atoms with Crippen molar-refractivity contribution in [1.29, 1.82) is 0 Å².